The van der Waals surface area contributed by atoms with Crippen molar-refractivity contribution in [1.29, 1.82) is 0 Å². The van der Waals surface area contributed by atoms with Crippen LogP contribution in [0.15, 0.2) is 78.9 Å². The first-order valence-corrected chi connectivity index (χ1v) is 9.11. The minimum absolute atomic E-state index is 0.243. The van der Waals surface area contributed by atoms with Crippen LogP contribution in [0.3, 0.4) is 0 Å². The first kappa shape index (κ1) is 16.0. The van der Waals surface area contributed by atoms with E-state index < -0.39 is 0 Å². The zero-order valence-corrected chi connectivity index (χ0v) is 14.5. The minimum Gasteiger partial charge on any atom is -0.508 e. The SMILES string of the molecule is Oc1ccc2c(c1)CCC(Cc1ccccc1)(Cc1ccccc1)C2. The largest absolute Gasteiger partial charge is 0.508 e. The van der Waals surface area contributed by atoms with Gasteiger partial charge in [0.25, 0.3) is 0 Å². The molecule has 0 aliphatic heterocycles. The average Bonchev–Trinajstić information content (AvgIpc) is 2.64. The van der Waals surface area contributed by atoms with Gasteiger partial charge in [-0.2, -0.15) is 0 Å². The number of benzene rings is 3. The van der Waals surface area contributed by atoms with Gasteiger partial charge < -0.3 is 5.11 Å². The highest BCUT2D eigenvalue weighted by molar-refractivity contribution is 5.38. The standard InChI is InChI=1S/C24H24O/c25-23-12-11-22-18-24(14-13-21(22)15-23,16-19-7-3-1-4-8-19)17-20-9-5-2-6-10-20/h1-12,15,25H,13-14,16-18H2. The second-order valence-electron chi connectivity index (χ2n) is 7.45. The fourth-order valence-corrected chi connectivity index (χ4v) is 4.33. The summed E-state index contributed by atoms with van der Waals surface area (Å²) in [6, 6.07) is 27.6. The Morgan fingerprint density at radius 1 is 0.720 bits per heavy atom. The van der Waals surface area contributed by atoms with Crippen molar-refractivity contribution in [2.45, 2.75) is 32.1 Å². The molecule has 0 aromatic heterocycles. The van der Waals surface area contributed by atoms with Gasteiger partial charge in [-0.15, -0.1) is 0 Å². The van der Waals surface area contributed by atoms with Crippen molar-refractivity contribution < 1.29 is 5.11 Å². The molecule has 25 heavy (non-hydrogen) atoms. The van der Waals surface area contributed by atoms with E-state index in [4.69, 9.17) is 0 Å². The van der Waals surface area contributed by atoms with Gasteiger partial charge in [-0.05, 0) is 71.9 Å². The van der Waals surface area contributed by atoms with E-state index in [1.165, 1.54) is 22.3 Å². The fraction of sp³-hybridized carbons (Fsp3) is 0.250. The number of aromatic hydroxyl groups is 1. The number of phenolic OH excluding ortho intramolecular Hbond substituents is 1. The summed E-state index contributed by atoms with van der Waals surface area (Å²) in [4.78, 5) is 0. The summed E-state index contributed by atoms with van der Waals surface area (Å²) >= 11 is 0. The lowest BCUT2D eigenvalue weighted by Gasteiger charge is -2.39. The van der Waals surface area contributed by atoms with E-state index in [0.29, 0.717) is 5.75 Å². The maximum atomic E-state index is 9.79. The molecule has 126 valence electrons. The predicted octanol–water partition coefficient (Wildman–Crippen LogP) is 5.35. The molecule has 0 spiro atoms. The van der Waals surface area contributed by atoms with Crippen LogP contribution < -0.4 is 0 Å². The average molecular weight is 328 g/mol. The predicted molar refractivity (Wildman–Crippen MR) is 103 cm³/mol. The van der Waals surface area contributed by atoms with Crippen molar-refractivity contribution in [3.63, 3.8) is 0 Å². The minimum atomic E-state index is 0.243. The number of hydrogen-bond acceptors (Lipinski definition) is 1. The molecule has 1 N–H and O–H groups in total. The molecule has 0 bridgehead atoms. The number of aryl methyl sites for hydroxylation is 1. The van der Waals surface area contributed by atoms with E-state index >= 15 is 0 Å². The topological polar surface area (TPSA) is 20.2 Å². The Hall–Kier alpha value is -2.54. The zero-order chi connectivity index (χ0) is 17.1. The molecule has 1 aliphatic carbocycles. The zero-order valence-electron chi connectivity index (χ0n) is 14.5. The lowest BCUT2D eigenvalue weighted by molar-refractivity contribution is 0.240. The van der Waals surface area contributed by atoms with Crippen LogP contribution in [0, 0.1) is 5.41 Å². The van der Waals surface area contributed by atoms with Gasteiger partial charge in [0.2, 0.25) is 0 Å². The maximum Gasteiger partial charge on any atom is 0.115 e. The lowest BCUT2D eigenvalue weighted by Crippen LogP contribution is -2.33. The van der Waals surface area contributed by atoms with Crippen LogP contribution >= 0.6 is 0 Å². The molecule has 4 rings (SSSR count). The van der Waals surface area contributed by atoms with Gasteiger partial charge in [-0.3, -0.25) is 0 Å². The molecule has 0 saturated heterocycles. The highest BCUT2D eigenvalue weighted by Crippen LogP contribution is 2.41. The van der Waals surface area contributed by atoms with Crippen LogP contribution in [-0.4, -0.2) is 5.11 Å². The summed E-state index contributed by atoms with van der Waals surface area (Å²) in [7, 11) is 0. The molecule has 3 aromatic carbocycles. The number of phenols is 1. The second kappa shape index (κ2) is 6.76. The summed E-state index contributed by atoms with van der Waals surface area (Å²) in [5.41, 5.74) is 5.79. The van der Waals surface area contributed by atoms with Crippen molar-refractivity contribution in [1.82, 2.24) is 0 Å². The molecule has 0 heterocycles. The van der Waals surface area contributed by atoms with Crippen LogP contribution in [0.1, 0.15) is 28.7 Å². The van der Waals surface area contributed by atoms with Crippen molar-refractivity contribution in [2.75, 3.05) is 0 Å². The monoisotopic (exact) mass is 328 g/mol. The van der Waals surface area contributed by atoms with Crippen molar-refractivity contribution in [3.05, 3.63) is 101 Å². The molecular formula is C24H24O. The molecule has 1 aliphatic rings. The van der Waals surface area contributed by atoms with Crippen LogP contribution in [0.2, 0.25) is 0 Å². The van der Waals surface area contributed by atoms with Gasteiger partial charge in [0.15, 0.2) is 0 Å². The third kappa shape index (κ3) is 3.61. The molecule has 1 heteroatoms. The summed E-state index contributed by atoms with van der Waals surface area (Å²) in [6.45, 7) is 0. The highest BCUT2D eigenvalue weighted by Gasteiger charge is 2.34. The first-order valence-electron chi connectivity index (χ1n) is 9.11. The van der Waals surface area contributed by atoms with Gasteiger partial charge in [0.1, 0.15) is 5.75 Å². The summed E-state index contributed by atoms with van der Waals surface area (Å²) in [6.07, 6.45) is 5.48. The highest BCUT2D eigenvalue weighted by atomic mass is 16.3. The van der Waals surface area contributed by atoms with Gasteiger partial charge in [-0.25, -0.2) is 0 Å². The van der Waals surface area contributed by atoms with Crippen LogP contribution in [-0.2, 0) is 25.7 Å². The molecule has 0 fully saturated rings. The van der Waals surface area contributed by atoms with E-state index in [1.54, 1.807) is 0 Å². The number of fused-ring (bicyclic) bond motifs is 1. The van der Waals surface area contributed by atoms with Crippen molar-refractivity contribution in [3.8, 4) is 5.75 Å². The van der Waals surface area contributed by atoms with E-state index in [2.05, 4.69) is 66.7 Å². The first-order chi connectivity index (χ1) is 12.2. The Balaban J connectivity index is 1.68. The van der Waals surface area contributed by atoms with Gasteiger partial charge >= 0.3 is 0 Å². The molecule has 1 nitrogen and oxygen atoms in total. The Kier molecular flexibility index (Phi) is 4.31. The van der Waals surface area contributed by atoms with E-state index in [-0.39, 0.29) is 5.41 Å². The third-order valence-corrected chi connectivity index (χ3v) is 5.52. The number of hydrogen-bond donors (Lipinski definition) is 1. The van der Waals surface area contributed by atoms with E-state index in [9.17, 15) is 5.11 Å². The third-order valence-electron chi connectivity index (χ3n) is 5.52. The normalized spacial score (nSPS) is 15.5. The smallest absolute Gasteiger partial charge is 0.115 e. The van der Waals surface area contributed by atoms with Gasteiger partial charge in [0.05, 0.1) is 0 Å². The van der Waals surface area contributed by atoms with Crippen molar-refractivity contribution >= 4 is 0 Å². The van der Waals surface area contributed by atoms with Crippen LogP contribution in [0.4, 0.5) is 0 Å². The molecule has 0 atom stereocenters. The Morgan fingerprint density at radius 3 is 1.92 bits per heavy atom. The van der Waals surface area contributed by atoms with Gasteiger partial charge in [0, 0.05) is 0 Å². The molecule has 0 saturated carbocycles. The van der Waals surface area contributed by atoms with Crippen molar-refractivity contribution in [2.24, 2.45) is 5.41 Å². The molecule has 3 aromatic rings. The summed E-state index contributed by atoms with van der Waals surface area (Å²) in [5.74, 6) is 0.386. The fourth-order valence-electron chi connectivity index (χ4n) is 4.33. The number of rotatable bonds is 4. The van der Waals surface area contributed by atoms with E-state index in [0.717, 1.165) is 32.1 Å². The molecular weight excluding hydrogens is 304 g/mol. The summed E-state index contributed by atoms with van der Waals surface area (Å²) < 4.78 is 0. The second-order valence-corrected chi connectivity index (χ2v) is 7.45. The quantitative estimate of drug-likeness (QED) is 0.684. The molecule has 0 unspecified atom stereocenters. The Bertz CT molecular complexity index is 795. The van der Waals surface area contributed by atoms with Crippen LogP contribution in [0.25, 0.3) is 0 Å². The van der Waals surface area contributed by atoms with E-state index in [1.807, 2.05) is 12.1 Å². The Morgan fingerprint density at radius 2 is 1.32 bits per heavy atom. The maximum absolute atomic E-state index is 9.79. The van der Waals surface area contributed by atoms with Crippen LogP contribution in [0.5, 0.6) is 5.75 Å². The summed E-state index contributed by atoms with van der Waals surface area (Å²) in [5, 5.41) is 9.79. The lowest BCUT2D eigenvalue weighted by atomic mass is 9.65. The van der Waals surface area contributed by atoms with Gasteiger partial charge in [-0.1, -0.05) is 66.7 Å². The Labute approximate surface area is 150 Å². The molecule has 0 radical (unpaired) electrons. The molecule has 0 amide bonds.